The van der Waals surface area contributed by atoms with E-state index in [2.05, 4.69) is 15.0 Å². The smallest absolute Gasteiger partial charge is 0.385 e. The number of hydrogen-bond donors (Lipinski definition) is 0. The molecule has 3 heterocycles. The lowest BCUT2D eigenvalue weighted by Gasteiger charge is -2.25. The van der Waals surface area contributed by atoms with Gasteiger partial charge in [-0.3, -0.25) is 4.79 Å². The van der Waals surface area contributed by atoms with Crippen LogP contribution in [0.4, 0.5) is 18.0 Å². The zero-order valence-electron chi connectivity index (χ0n) is 13.4. The van der Waals surface area contributed by atoms with Crippen LogP contribution < -0.4 is 10.3 Å². The van der Waals surface area contributed by atoms with Crippen molar-refractivity contribution >= 4 is 6.09 Å². The van der Waals surface area contributed by atoms with E-state index in [1.54, 1.807) is 0 Å². The topological polar surface area (TPSA) is 90.2 Å². The fourth-order valence-electron chi connectivity index (χ4n) is 2.44. The van der Waals surface area contributed by atoms with E-state index in [1.807, 2.05) is 0 Å². The number of carbonyl (C=O) groups is 1. The first-order valence-corrected chi connectivity index (χ1v) is 7.80. The number of carbonyl (C=O) groups excluding carboxylic acids is 1. The highest BCUT2D eigenvalue weighted by Crippen LogP contribution is 2.27. The SMILES string of the molecule is O=C(Oc1nccn(-c2ncc(C(F)(F)F)cn2)c1=O)N1CCCCC1. The number of halogens is 3. The molecule has 0 unspecified atom stereocenters. The molecular weight excluding hydrogens is 355 g/mol. The van der Waals surface area contributed by atoms with Crippen molar-refractivity contribution in [2.75, 3.05) is 13.1 Å². The minimum atomic E-state index is -4.59. The second kappa shape index (κ2) is 7.10. The van der Waals surface area contributed by atoms with E-state index in [0.717, 1.165) is 23.8 Å². The van der Waals surface area contributed by atoms with Crippen molar-refractivity contribution in [3.05, 3.63) is 40.7 Å². The first-order valence-electron chi connectivity index (χ1n) is 7.80. The third-order valence-electron chi connectivity index (χ3n) is 3.79. The first-order chi connectivity index (χ1) is 12.4. The van der Waals surface area contributed by atoms with Crippen molar-refractivity contribution in [3.8, 4) is 11.8 Å². The number of amides is 1. The van der Waals surface area contributed by atoms with Gasteiger partial charge in [0.15, 0.2) is 0 Å². The summed E-state index contributed by atoms with van der Waals surface area (Å²) < 4.78 is 43.6. The molecule has 0 saturated carbocycles. The Labute approximate surface area is 145 Å². The second-order valence-electron chi connectivity index (χ2n) is 5.59. The third kappa shape index (κ3) is 3.81. The predicted octanol–water partition coefficient (Wildman–Crippen LogP) is 2.03. The molecule has 0 atom stereocenters. The summed E-state index contributed by atoms with van der Waals surface area (Å²) in [5, 5.41) is 0. The molecule has 3 rings (SSSR count). The van der Waals surface area contributed by atoms with Crippen molar-refractivity contribution in [2.45, 2.75) is 25.4 Å². The van der Waals surface area contributed by atoms with Crippen LogP contribution in [0.15, 0.2) is 29.6 Å². The quantitative estimate of drug-likeness (QED) is 0.805. The summed E-state index contributed by atoms with van der Waals surface area (Å²) in [6, 6.07) is 0. The molecule has 0 N–H and O–H groups in total. The largest absolute Gasteiger partial charge is 0.419 e. The molecule has 1 aliphatic rings. The molecule has 1 aliphatic heterocycles. The van der Waals surface area contributed by atoms with E-state index in [1.165, 1.54) is 17.3 Å². The van der Waals surface area contributed by atoms with Crippen LogP contribution in [0.3, 0.4) is 0 Å². The van der Waals surface area contributed by atoms with Gasteiger partial charge in [-0.25, -0.2) is 24.3 Å². The molecule has 26 heavy (non-hydrogen) atoms. The second-order valence-corrected chi connectivity index (χ2v) is 5.59. The zero-order valence-corrected chi connectivity index (χ0v) is 13.4. The molecule has 138 valence electrons. The van der Waals surface area contributed by atoms with Crippen molar-refractivity contribution in [1.82, 2.24) is 24.4 Å². The zero-order chi connectivity index (χ0) is 18.7. The molecule has 0 aromatic carbocycles. The number of hydrogen-bond acceptors (Lipinski definition) is 6. The van der Waals surface area contributed by atoms with Crippen LogP contribution in [0.2, 0.25) is 0 Å². The van der Waals surface area contributed by atoms with E-state index in [9.17, 15) is 22.8 Å². The maximum absolute atomic E-state index is 12.6. The van der Waals surface area contributed by atoms with Crippen molar-refractivity contribution in [3.63, 3.8) is 0 Å². The first kappa shape index (κ1) is 17.8. The van der Waals surface area contributed by atoms with E-state index in [-0.39, 0.29) is 5.95 Å². The van der Waals surface area contributed by atoms with Crippen molar-refractivity contribution in [1.29, 1.82) is 0 Å². The number of aromatic nitrogens is 4. The summed E-state index contributed by atoms with van der Waals surface area (Å²) in [5.74, 6) is -0.785. The molecule has 1 saturated heterocycles. The van der Waals surface area contributed by atoms with Gasteiger partial charge in [0.1, 0.15) is 0 Å². The lowest BCUT2D eigenvalue weighted by Crippen LogP contribution is -2.39. The van der Waals surface area contributed by atoms with E-state index in [4.69, 9.17) is 4.74 Å². The molecular formula is C15H14F3N5O3. The Hall–Kier alpha value is -2.98. The minimum Gasteiger partial charge on any atom is -0.385 e. The fourth-order valence-corrected chi connectivity index (χ4v) is 2.44. The number of ether oxygens (including phenoxy) is 1. The van der Waals surface area contributed by atoms with Crippen LogP contribution in [0.5, 0.6) is 5.88 Å². The van der Waals surface area contributed by atoms with Gasteiger partial charge in [0, 0.05) is 37.9 Å². The van der Waals surface area contributed by atoms with Gasteiger partial charge < -0.3 is 9.64 Å². The highest BCUT2D eigenvalue weighted by atomic mass is 19.4. The average molecular weight is 369 g/mol. The summed E-state index contributed by atoms with van der Waals surface area (Å²) in [6.07, 6.45) is 0.901. The molecule has 2 aromatic rings. The van der Waals surface area contributed by atoms with Gasteiger partial charge in [0.05, 0.1) is 5.56 Å². The Morgan fingerprint density at radius 2 is 1.73 bits per heavy atom. The lowest BCUT2D eigenvalue weighted by molar-refractivity contribution is -0.138. The molecule has 1 amide bonds. The van der Waals surface area contributed by atoms with Crippen molar-refractivity contribution < 1.29 is 22.7 Å². The van der Waals surface area contributed by atoms with Crippen LogP contribution in [0.25, 0.3) is 5.95 Å². The molecule has 2 aromatic heterocycles. The standard InChI is InChI=1S/C15H14F3N5O3/c16-15(17,18)10-8-20-13(21-9-10)23-7-4-19-11(12(23)24)26-14(25)22-5-2-1-3-6-22/h4,7-9H,1-3,5-6H2. The summed E-state index contributed by atoms with van der Waals surface area (Å²) in [6.45, 7) is 1.06. The summed E-state index contributed by atoms with van der Waals surface area (Å²) >= 11 is 0. The van der Waals surface area contributed by atoms with Gasteiger partial charge in [0.2, 0.25) is 5.95 Å². The maximum Gasteiger partial charge on any atom is 0.419 e. The van der Waals surface area contributed by atoms with Crippen LogP contribution >= 0.6 is 0 Å². The summed E-state index contributed by atoms with van der Waals surface area (Å²) in [7, 11) is 0. The van der Waals surface area contributed by atoms with Gasteiger partial charge in [-0.15, -0.1) is 0 Å². The Balaban J connectivity index is 1.83. The molecule has 0 radical (unpaired) electrons. The highest BCUT2D eigenvalue weighted by molar-refractivity contribution is 5.70. The van der Waals surface area contributed by atoms with Gasteiger partial charge in [0.25, 0.3) is 5.88 Å². The molecule has 8 nitrogen and oxygen atoms in total. The van der Waals surface area contributed by atoms with Crippen LogP contribution in [0.1, 0.15) is 24.8 Å². The maximum atomic E-state index is 12.6. The molecule has 0 aliphatic carbocycles. The van der Waals surface area contributed by atoms with Gasteiger partial charge >= 0.3 is 17.8 Å². The average Bonchev–Trinajstić information content (AvgIpc) is 2.63. The van der Waals surface area contributed by atoms with E-state index < -0.39 is 29.3 Å². The summed E-state index contributed by atoms with van der Waals surface area (Å²) in [4.78, 5) is 36.7. The van der Waals surface area contributed by atoms with Crippen LogP contribution in [-0.2, 0) is 6.18 Å². The minimum absolute atomic E-state index is 0.291. The Bertz CT molecular complexity index is 845. The van der Waals surface area contributed by atoms with Gasteiger partial charge in [-0.1, -0.05) is 0 Å². The highest BCUT2D eigenvalue weighted by Gasteiger charge is 2.31. The molecule has 11 heteroatoms. The van der Waals surface area contributed by atoms with Crippen LogP contribution in [-0.4, -0.2) is 43.6 Å². The number of nitrogens with zero attached hydrogens (tertiary/aromatic N) is 5. The molecule has 0 bridgehead atoms. The molecule has 1 fully saturated rings. The monoisotopic (exact) mass is 369 g/mol. The lowest BCUT2D eigenvalue weighted by atomic mass is 10.1. The molecule has 0 spiro atoms. The van der Waals surface area contributed by atoms with Gasteiger partial charge in [-0.05, 0) is 19.3 Å². The fraction of sp³-hybridized carbons (Fsp3) is 0.400. The third-order valence-corrected chi connectivity index (χ3v) is 3.79. The number of alkyl halides is 3. The van der Waals surface area contributed by atoms with E-state index in [0.29, 0.717) is 25.5 Å². The number of piperidine rings is 1. The Morgan fingerprint density at radius 3 is 2.35 bits per heavy atom. The van der Waals surface area contributed by atoms with E-state index >= 15 is 0 Å². The predicted molar refractivity (Wildman–Crippen MR) is 81.9 cm³/mol. The Kier molecular flexibility index (Phi) is 4.87. The summed E-state index contributed by atoms with van der Waals surface area (Å²) in [5.41, 5.74) is -1.89. The normalized spacial score (nSPS) is 15.0. The van der Waals surface area contributed by atoms with Crippen LogP contribution in [0, 0.1) is 0 Å². The van der Waals surface area contributed by atoms with Gasteiger partial charge in [-0.2, -0.15) is 13.2 Å². The Morgan fingerprint density at radius 1 is 1.08 bits per heavy atom. The number of rotatable bonds is 2. The van der Waals surface area contributed by atoms with Crippen molar-refractivity contribution in [2.24, 2.45) is 0 Å². The number of likely N-dealkylation sites (tertiary alicyclic amines) is 1.